The van der Waals surface area contributed by atoms with Gasteiger partial charge in [0.05, 0.1) is 0 Å². The molecule has 0 aromatic rings. The van der Waals surface area contributed by atoms with E-state index < -0.39 is 17.8 Å². The normalized spacial score (nSPS) is 11.4. The Balaban J connectivity index is -0.000000656. The Bertz CT molecular complexity index is 331. The van der Waals surface area contributed by atoms with Gasteiger partial charge >= 0.3 is 5.97 Å². The van der Waals surface area contributed by atoms with Crippen LogP contribution in [0.3, 0.4) is 0 Å². The maximum Gasteiger partial charge on any atom is 0.316 e. The lowest BCUT2D eigenvalue weighted by Crippen LogP contribution is -2.34. The van der Waals surface area contributed by atoms with Crippen LogP contribution >= 0.6 is 0 Å². The van der Waals surface area contributed by atoms with Crippen molar-refractivity contribution in [2.45, 2.75) is 48.0 Å². The van der Waals surface area contributed by atoms with Crippen molar-refractivity contribution >= 4 is 11.9 Å². The largest absolute Gasteiger partial charge is 0.481 e. The Morgan fingerprint density at radius 2 is 1.75 bits per heavy atom. The highest BCUT2D eigenvalue weighted by molar-refractivity contribution is 5.97. The number of hydrogen-bond acceptors (Lipinski definition) is 2. The maximum absolute atomic E-state index is 11.6. The molecular weight excluding hydrogens is 254 g/mol. The summed E-state index contributed by atoms with van der Waals surface area (Å²) in [5, 5.41) is 11.3. The van der Waals surface area contributed by atoms with Crippen LogP contribution in [0.1, 0.15) is 48.0 Å². The Hall–Kier alpha value is -1.84. The van der Waals surface area contributed by atoms with Crippen LogP contribution in [0.4, 0.5) is 0 Å². The zero-order valence-corrected chi connectivity index (χ0v) is 13.6. The average Bonchev–Trinajstić information content (AvgIpc) is 2.44. The van der Waals surface area contributed by atoms with Gasteiger partial charge in [0, 0.05) is 5.70 Å². The average molecular weight is 283 g/mol. The molecule has 20 heavy (non-hydrogen) atoms. The molecule has 0 aromatic carbocycles. The van der Waals surface area contributed by atoms with Crippen LogP contribution < -0.4 is 5.32 Å². The van der Waals surface area contributed by atoms with E-state index in [1.54, 1.807) is 32.1 Å². The standard InChI is InChI=1S/C12H17NO3.2C2H6/c1-4-7-9(8-5-2)13-11(14)10(6-3)12(15)16;2*1-2/h4-5,7-8,10H,1,6H2,2-3H3,(H,13,14)(H,15,16);2*1-2H3/b8-5-,9-7+;;. The zero-order valence-electron chi connectivity index (χ0n) is 13.6. The minimum Gasteiger partial charge on any atom is -0.481 e. The summed E-state index contributed by atoms with van der Waals surface area (Å²) in [5.74, 6) is -2.64. The second-order valence-electron chi connectivity index (χ2n) is 3.15. The molecule has 0 bridgehead atoms. The molecule has 0 saturated carbocycles. The summed E-state index contributed by atoms with van der Waals surface area (Å²) in [7, 11) is 0. The first-order valence-corrected chi connectivity index (χ1v) is 7.05. The van der Waals surface area contributed by atoms with Gasteiger partial charge in [0.25, 0.3) is 0 Å². The van der Waals surface area contributed by atoms with Crippen molar-refractivity contribution in [3.8, 4) is 0 Å². The fourth-order valence-corrected chi connectivity index (χ4v) is 1.15. The molecule has 1 unspecified atom stereocenters. The number of carbonyl (C=O) groups excluding carboxylic acids is 1. The third-order valence-electron chi connectivity index (χ3n) is 1.93. The number of amides is 1. The van der Waals surface area contributed by atoms with Crippen LogP contribution in [0.5, 0.6) is 0 Å². The first-order valence-electron chi connectivity index (χ1n) is 7.05. The second-order valence-corrected chi connectivity index (χ2v) is 3.15. The van der Waals surface area contributed by atoms with Gasteiger partial charge in [-0.15, -0.1) is 0 Å². The van der Waals surface area contributed by atoms with E-state index in [-0.39, 0.29) is 6.42 Å². The third-order valence-corrected chi connectivity index (χ3v) is 1.93. The maximum atomic E-state index is 11.6. The highest BCUT2D eigenvalue weighted by Crippen LogP contribution is 2.04. The van der Waals surface area contributed by atoms with E-state index in [0.29, 0.717) is 5.70 Å². The minimum absolute atomic E-state index is 0.262. The van der Waals surface area contributed by atoms with Gasteiger partial charge in [-0.2, -0.15) is 0 Å². The topological polar surface area (TPSA) is 66.4 Å². The first kappa shape index (κ1) is 23.3. The van der Waals surface area contributed by atoms with Crippen LogP contribution in [0.25, 0.3) is 0 Å². The summed E-state index contributed by atoms with van der Waals surface area (Å²) < 4.78 is 0. The predicted octanol–water partition coefficient (Wildman–Crippen LogP) is 3.91. The molecule has 0 rings (SSSR count). The quantitative estimate of drug-likeness (QED) is 0.573. The van der Waals surface area contributed by atoms with E-state index in [2.05, 4.69) is 11.9 Å². The lowest BCUT2D eigenvalue weighted by Gasteiger charge is -2.10. The van der Waals surface area contributed by atoms with E-state index >= 15 is 0 Å². The van der Waals surface area contributed by atoms with E-state index in [0.717, 1.165) is 0 Å². The number of allylic oxidation sites excluding steroid dienone is 4. The summed E-state index contributed by atoms with van der Waals surface area (Å²) in [4.78, 5) is 22.3. The molecule has 1 atom stereocenters. The lowest BCUT2D eigenvalue weighted by molar-refractivity contribution is -0.146. The number of carboxylic acids is 1. The Kier molecular flexibility index (Phi) is 20.0. The number of aliphatic carboxylic acids is 1. The molecule has 0 spiro atoms. The van der Waals surface area contributed by atoms with Gasteiger partial charge in [0.15, 0.2) is 0 Å². The van der Waals surface area contributed by atoms with Crippen molar-refractivity contribution in [3.05, 3.63) is 36.6 Å². The lowest BCUT2D eigenvalue weighted by atomic mass is 10.1. The van der Waals surface area contributed by atoms with E-state index in [4.69, 9.17) is 5.11 Å². The summed E-state index contributed by atoms with van der Waals surface area (Å²) >= 11 is 0. The van der Waals surface area contributed by atoms with Crippen molar-refractivity contribution in [2.75, 3.05) is 0 Å². The molecule has 1 amide bonds. The summed E-state index contributed by atoms with van der Waals surface area (Å²) in [6.45, 7) is 15.0. The minimum atomic E-state index is -1.11. The van der Waals surface area contributed by atoms with Gasteiger partial charge in [-0.05, 0) is 25.5 Å². The van der Waals surface area contributed by atoms with Crippen LogP contribution in [0, 0.1) is 5.92 Å². The predicted molar refractivity (Wildman–Crippen MR) is 85.3 cm³/mol. The number of nitrogens with one attached hydrogen (secondary N) is 1. The number of carbonyl (C=O) groups is 2. The molecule has 0 aliphatic heterocycles. The van der Waals surface area contributed by atoms with Gasteiger partial charge < -0.3 is 10.4 Å². The van der Waals surface area contributed by atoms with Gasteiger partial charge in [-0.1, -0.05) is 53.3 Å². The Labute approximate surface area is 123 Å². The van der Waals surface area contributed by atoms with Gasteiger partial charge in [0.1, 0.15) is 5.92 Å². The van der Waals surface area contributed by atoms with E-state index in [1.165, 1.54) is 6.08 Å². The first-order chi connectivity index (χ1) is 9.56. The van der Waals surface area contributed by atoms with Gasteiger partial charge in [-0.3, -0.25) is 9.59 Å². The van der Waals surface area contributed by atoms with Crippen molar-refractivity contribution in [1.82, 2.24) is 5.32 Å². The molecule has 4 heteroatoms. The van der Waals surface area contributed by atoms with E-state index in [9.17, 15) is 9.59 Å². The third kappa shape index (κ3) is 11.3. The number of rotatable bonds is 6. The molecule has 2 N–H and O–H groups in total. The molecular formula is C16H29NO3. The summed E-state index contributed by atoms with van der Waals surface area (Å²) in [6, 6.07) is 0. The summed E-state index contributed by atoms with van der Waals surface area (Å²) in [6.07, 6.45) is 6.81. The van der Waals surface area contributed by atoms with Crippen molar-refractivity contribution in [1.29, 1.82) is 0 Å². The number of hydrogen-bond donors (Lipinski definition) is 2. The molecule has 116 valence electrons. The van der Waals surface area contributed by atoms with E-state index in [1.807, 2.05) is 27.7 Å². The molecule has 0 aliphatic rings. The second kappa shape index (κ2) is 17.2. The van der Waals surface area contributed by atoms with Crippen molar-refractivity contribution in [2.24, 2.45) is 5.92 Å². The van der Waals surface area contributed by atoms with Crippen molar-refractivity contribution in [3.63, 3.8) is 0 Å². The smallest absolute Gasteiger partial charge is 0.316 e. The van der Waals surface area contributed by atoms with Crippen LogP contribution in [-0.2, 0) is 9.59 Å². The molecule has 0 heterocycles. The summed E-state index contributed by atoms with van der Waals surface area (Å²) in [5.41, 5.74) is 0.530. The van der Waals surface area contributed by atoms with Gasteiger partial charge in [0.2, 0.25) is 5.91 Å². The van der Waals surface area contributed by atoms with Crippen molar-refractivity contribution < 1.29 is 14.7 Å². The Morgan fingerprint density at radius 3 is 2.05 bits per heavy atom. The van der Waals surface area contributed by atoms with Crippen LogP contribution in [0.15, 0.2) is 36.6 Å². The highest BCUT2D eigenvalue weighted by Gasteiger charge is 2.23. The number of carboxylic acid groups (broad SMARTS) is 1. The molecule has 0 aliphatic carbocycles. The molecule has 4 nitrogen and oxygen atoms in total. The van der Waals surface area contributed by atoms with Crippen LogP contribution in [0.2, 0.25) is 0 Å². The van der Waals surface area contributed by atoms with Gasteiger partial charge in [-0.25, -0.2) is 0 Å². The monoisotopic (exact) mass is 283 g/mol. The highest BCUT2D eigenvalue weighted by atomic mass is 16.4. The molecule has 0 radical (unpaired) electrons. The Morgan fingerprint density at radius 1 is 1.25 bits per heavy atom. The molecule has 0 fully saturated rings. The van der Waals surface area contributed by atoms with Crippen LogP contribution in [-0.4, -0.2) is 17.0 Å². The molecule has 0 aromatic heterocycles. The fraction of sp³-hybridized carbons (Fsp3) is 0.500. The molecule has 0 saturated heterocycles. The fourth-order valence-electron chi connectivity index (χ4n) is 1.15. The zero-order chi connectivity index (χ0) is 16.6. The SMILES string of the molecule is C=C/C=C(\C=C/C)NC(=O)C(CC)C(=O)O.CC.CC.